The van der Waals surface area contributed by atoms with Crippen molar-refractivity contribution in [1.82, 2.24) is 19.7 Å². The van der Waals surface area contributed by atoms with Gasteiger partial charge in [0.25, 0.3) is 12.3 Å². The maximum Gasteiger partial charge on any atom is 0.257 e. The highest BCUT2D eigenvalue weighted by Crippen LogP contribution is 2.28. The molecule has 12 heteroatoms. The molecule has 0 unspecified atom stereocenters. The van der Waals surface area contributed by atoms with E-state index < -0.39 is 24.7 Å². The van der Waals surface area contributed by atoms with Gasteiger partial charge in [-0.25, -0.2) is 18.2 Å². The Hall–Kier alpha value is -3.41. The van der Waals surface area contributed by atoms with Crippen molar-refractivity contribution >= 4 is 34.1 Å². The van der Waals surface area contributed by atoms with Gasteiger partial charge >= 0.3 is 0 Å². The molecule has 3 heterocycles. The number of alkyl halides is 2. The maximum atomic E-state index is 14.5. The smallest absolute Gasteiger partial charge is 0.257 e. The molecule has 0 radical (unpaired) electrons. The fraction of sp³-hybridized carbons (Fsp3) is 0.368. The van der Waals surface area contributed by atoms with Crippen LogP contribution in [0.25, 0.3) is 10.9 Å². The zero-order valence-electron chi connectivity index (χ0n) is 16.9. The molecule has 0 aliphatic carbocycles. The van der Waals surface area contributed by atoms with E-state index in [4.69, 9.17) is 11.5 Å². The van der Waals surface area contributed by atoms with Crippen molar-refractivity contribution in [3.8, 4) is 0 Å². The summed E-state index contributed by atoms with van der Waals surface area (Å²) < 4.78 is 41.2. The second-order valence-electron chi connectivity index (χ2n) is 7.05. The number of fused-ring (bicyclic) bond motifs is 1. The van der Waals surface area contributed by atoms with Crippen molar-refractivity contribution in [3.05, 3.63) is 36.0 Å². The number of carbonyl (C=O) groups is 1. The number of anilines is 3. The Bertz CT molecular complexity index is 1090. The van der Waals surface area contributed by atoms with Crippen LogP contribution in [-0.4, -0.2) is 44.2 Å². The molecule has 0 bridgehead atoms. The molecule has 0 aliphatic rings. The third kappa shape index (κ3) is 4.85. The van der Waals surface area contributed by atoms with E-state index in [2.05, 4.69) is 25.7 Å². The molecule has 0 fully saturated rings. The molecular formula is C19H23F3N8O. The summed E-state index contributed by atoms with van der Waals surface area (Å²) in [4.78, 5) is 20.1. The summed E-state index contributed by atoms with van der Waals surface area (Å²) >= 11 is 0. The normalized spacial score (nSPS) is 13.4. The topological polar surface area (TPSA) is 137 Å². The number of nitrogens with two attached hydrogens (primary N) is 2. The lowest BCUT2D eigenvalue weighted by Crippen LogP contribution is -2.38. The Labute approximate surface area is 176 Å². The molecule has 31 heavy (non-hydrogen) atoms. The summed E-state index contributed by atoms with van der Waals surface area (Å²) in [5.41, 5.74) is 11.9. The van der Waals surface area contributed by atoms with Gasteiger partial charge in [-0.3, -0.25) is 14.5 Å². The minimum atomic E-state index is -2.59. The lowest BCUT2D eigenvalue weighted by molar-refractivity contribution is 0.1000. The number of nitrogens with one attached hydrogen (secondary N) is 2. The van der Waals surface area contributed by atoms with E-state index in [1.165, 1.54) is 18.6 Å². The molecular weight excluding hydrogens is 413 g/mol. The number of rotatable bonds is 9. The van der Waals surface area contributed by atoms with Crippen molar-refractivity contribution in [2.24, 2.45) is 11.5 Å². The molecule has 0 spiro atoms. The Morgan fingerprint density at radius 3 is 2.65 bits per heavy atom. The average Bonchev–Trinajstić information content (AvgIpc) is 3.12. The number of aromatic nitrogens is 4. The number of primary amides is 1. The minimum absolute atomic E-state index is 0.0235. The summed E-state index contributed by atoms with van der Waals surface area (Å²) in [5, 5.41) is 10.2. The predicted octanol–water partition coefficient (Wildman–Crippen LogP) is 2.61. The van der Waals surface area contributed by atoms with E-state index >= 15 is 0 Å². The number of nitrogens with zero attached hydrogens (tertiary/aromatic N) is 4. The van der Waals surface area contributed by atoms with Gasteiger partial charge in [-0.15, -0.1) is 0 Å². The van der Waals surface area contributed by atoms with E-state index in [1.54, 1.807) is 6.92 Å². The van der Waals surface area contributed by atoms with Crippen LogP contribution >= 0.6 is 0 Å². The maximum absolute atomic E-state index is 14.5. The number of carbonyl (C=O) groups excluding carboxylic acids is 1. The van der Waals surface area contributed by atoms with Crippen molar-refractivity contribution in [3.63, 3.8) is 0 Å². The summed E-state index contributed by atoms with van der Waals surface area (Å²) in [6, 6.07) is 0.432. The molecule has 0 aromatic carbocycles. The van der Waals surface area contributed by atoms with Gasteiger partial charge in [0.2, 0.25) is 0 Å². The molecule has 0 saturated carbocycles. The molecule has 6 N–H and O–H groups in total. The van der Waals surface area contributed by atoms with Crippen LogP contribution in [0, 0.1) is 5.82 Å². The Morgan fingerprint density at radius 1 is 1.26 bits per heavy atom. The van der Waals surface area contributed by atoms with Gasteiger partial charge in [0.1, 0.15) is 12.4 Å². The first kappa shape index (κ1) is 22.3. The number of amides is 1. The van der Waals surface area contributed by atoms with Crippen LogP contribution in [-0.2, 0) is 6.54 Å². The lowest BCUT2D eigenvalue weighted by atomic mass is 10.1. The van der Waals surface area contributed by atoms with Gasteiger partial charge < -0.3 is 22.1 Å². The number of pyridine rings is 2. The monoisotopic (exact) mass is 436 g/mol. The number of hydrogen-bond donors (Lipinski definition) is 4. The summed E-state index contributed by atoms with van der Waals surface area (Å²) in [6.07, 6.45) is 2.26. The van der Waals surface area contributed by atoms with Crippen LogP contribution in [0.4, 0.5) is 30.5 Å². The second kappa shape index (κ2) is 9.16. The zero-order valence-corrected chi connectivity index (χ0v) is 16.9. The Kier molecular flexibility index (Phi) is 6.59. The van der Waals surface area contributed by atoms with Crippen molar-refractivity contribution in [2.45, 2.75) is 45.3 Å². The van der Waals surface area contributed by atoms with Gasteiger partial charge in [-0.05, 0) is 19.4 Å². The molecule has 3 rings (SSSR count). The lowest BCUT2D eigenvalue weighted by Gasteiger charge is -2.21. The summed E-state index contributed by atoms with van der Waals surface area (Å²) in [6.45, 7) is 3.09. The van der Waals surface area contributed by atoms with E-state index in [9.17, 15) is 18.0 Å². The quantitative estimate of drug-likeness (QED) is 0.405. The fourth-order valence-corrected chi connectivity index (χ4v) is 3.04. The third-order valence-electron chi connectivity index (χ3n) is 4.85. The zero-order chi connectivity index (χ0) is 22.7. The standard InChI is InChI=1S/C19H23F3N8O/c1-3-13(23)9(2)27-19-12(20)4-10(17(24)31)18(29-19)28-14-6-25-7-15-11(14)5-26-30(15)8-16(21)22/h4-7,9,13,16H,3,8,23H2,1-2H3,(H2,24,31)(H2,27,28,29)/t9-,13+/m1/s1. The molecule has 166 valence electrons. The Morgan fingerprint density at radius 2 is 2.00 bits per heavy atom. The minimum Gasteiger partial charge on any atom is -0.365 e. The highest BCUT2D eigenvalue weighted by molar-refractivity contribution is 6.00. The molecule has 9 nitrogen and oxygen atoms in total. The van der Waals surface area contributed by atoms with Gasteiger partial charge in [-0.1, -0.05) is 6.92 Å². The largest absolute Gasteiger partial charge is 0.365 e. The summed E-state index contributed by atoms with van der Waals surface area (Å²) in [5.74, 6) is -1.80. The predicted molar refractivity (Wildman–Crippen MR) is 111 cm³/mol. The number of halogens is 3. The van der Waals surface area contributed by atoms with Crippen molar-refractivity contribution in [2.75, 3.05) is 10.6 Å². The van der Waals surface area contributed by atoms with Crippen LogP contribution in [0.5, 0.6) is 0 Å². The van der Waals surface area contributed by atoms with Crippen LogP contribution < -0.4 is 22.1 Å². The van der Waals surface area contributed by atoms with Crippen molar-refractivity contribution in [1.29, 1.82) is 0 Å². The molecule has 3 aromatic rings. The fourth-order valence-electron chi connectivity index (χ4n) is 3.04. The van der Waals surface area contributed by atoms with Gasteiger partial charge in [0, 0.05) is 17.5 Å². The molecule has 1 amide bonds. The van der Waals surface area contributed by atoms with Crippen LogP contribution in [0.3, 0.4) is 0 Å². The van der Waals surface area contributed by atoms with Crippen LogP contribution in [0.1, 0.15) is 30.6 Å². The second-order valence-corrected chi connectivity index (χ2v) is 7.05. The molecule has 0 saturated heterocycles. The molecule has 2 atom stereocenters. The highest BCUT2D eigenvalue weighted by Gasteiger charge is 2.20. The number of hydrogen-bond acceptors (Lipinski definition) is 7. The van der Waals surface area contributed by atoms with Gasteiger partial charge in [0.05, 0.1) is 35.4 Å². The highest BCUT2D eigenvalue weighted by atomic mass is 19.3. The van der Waals surface area contributed by atoms with Gasteiger partial charge in [-0.2, -0.15) is 5.10 Å². The summed E-state index contributed by atoms with van der Waals surface area (Å²) in [7, 11) is 0. The van der Waals surface area contributed by atoms with E-state index in [-0.39, 0.29) is 29.3 Å². The third-order valence-corrected chi connectivity index (χ3v) is 4.85. The molecule has 0 aliphatic heterocycles. The van der Waals surface area contributed by atoms with Crippen LogP contribution in [0.15, 0.2) is 24.7 Å². The van der Waals surface area contributed by atoms with Gasteiger partial charge in [0.15, 0.2) is 11.6 Å². The van der Waals surface area contributed by atoms with Crippen LogP contribution in [0.2, 0.25) is 0 Å². The van der Waals surface area contributed by atoms with E-state index in [0.717, 1.165) is 10.7 Å². The first-order valence-electron chi connectivity index (χ1n) is 9.58. The Balaban J connectivity index is 2.01. The first-order chi connectivity index (χ1) is 14.7. The van der Waals surface area contributed by atoms with Crippen molar-refractivity contribution < 1.29 is 18.0 Å². The van der Waals surface area contributed by atoms with E-state index in [0.29, 0.717) is 23.0 Å². The SMILES string of the molecule is CC[C@H](N)[C@@H](C)Nc1nc(Nc2cncc3c2cnn3CC(F)F)c(C(N)=O)cc1F. The van der Waals surface area contributed by atoms with E-state index in [1.807, 2.05) is 6.92 Å². The average molecular weight is 436 g/mol. The first-order valence-corrected chi connectivity index (χ1v) is 9.58. The molecule has 3 aromatic heterocycles.